The molecule has 3 rings (SSSR count). The first-order chi connectivity index (χ1) is 15.4. The van der Waals surface area contributed by atoms with Gasteiger partial charge in [-0.25, -0.2) is 4.99 Å². The van der Waals surface area contributed by atoms with Gasteiger partial charge in [-0.1, -0.05) is 136 Å². The van der Waals surface area contributed by atoms with Gasteiger partial charge < -0.3 is 9.16 Å². The first-order valence-corrected chi connectivity index (χ1v) is 14.1. The van der Waals surface area contributed by atoms with Crippen LogP contribution in [0.25, 0.3) is 0 Å². The van der Waals surface area contributed by atoms with Crippen molar-refractivity contribution in [3.63, 3.8) is 0 Å². The first kappa shape index (κ1) is 26.3. The van der Waals surface area contributed by atoms with E-state index in [2.05, 4.69) is 89.7 Å². The average Bonchev–Trinajstić information content (AvgIpc) is 3.21. The Kier molecular flexibility index (Phi) is 7.77. The summed E-state index contributed by atoms with van der Waals surface area (Å²) in [6.07, 6.45) is 1.42. The molecule has 0 spiro atoms. The maximum atomic E-state index is 7.43. The Bertz CT molecular complexity index is 945. The van der Waals surface area contributed by atoms with Gasteiger partial charge in [-0.05, 0) is 21.3 Å². The minimum Gasteiger partial charge on any atom is -0.475 e. The van der Waals surface area contributed by atoms with E-state index in [1.54, 1.807) is 6.08 Å². The number of halogens is 3. The van der Waals surface area contributed by atoms with Crippen molar-refractivity contribution in [3.05, 3.63) is 73.3 Å². The summed E-state index contributed by atoms with van der Waals surface area (Å²) in [5.41, 5.74) is -0.875. The van der Waals surface area contributed by atoms with E-state index in [1.165, 1.54) is 10.4 Å². The first-order valence-electron chi connectivity index (χ1n) is 11.1. The molecule has 1 heterocycles. The van der Waals surface area contributed by atoms with Gasteiger partial charge >= 0.3 is 0 Å². The Morgan fingerprint density at radius 1 is 1.00 bits per heavy atom. The monoisotopic (exact) mass is 523 g/mol. The highest BCUT2D eigenvalue weighted by atomic mass is 35.6. The third kappa shape index (κ3) is 5.06. The lowest BCUT2D eigenvalue weighted by atomic mass is 9.87. The molecule has 0 fully saturated rings. The Morgan fingerprint density at radius 2 is 1.48 bits per heavy atom. The highest BCUT2D eigenvalue weighted by molar-refractivity contribution is 6.99. The van der Waals surface area contributed by atoms with Crippen molar-refractivity contribution in [2.75, 3.05) is 6.61 Å². The molecule has 0 aliphatic carbocycles. The van der Waals surface area contributed by atoms with Crippen LogP contribution in [0.5, 0.6) is 0 Å². The number of rotatable bonds is 7. The molecule has 7 heteroatoms. The molecule has 0 aromatic heterocycles. The zero-order valence-corrected chi connectivity index (χ0v) is 23.1. The van der Waals surface area contributed by atoms with Crippen LogP contribution in [0, 0.1) is 5.92 Å². The molecule has 0 saturated carbocycles. The van der Waals surface area contributed by atoms with Gasteiger partial charge in [0.1, 0.15) is 12.1 Å². The third-order valence-electron chi connectivity index (χ3n) is 6.16. The van der Waals surface area contributed by atoms with Crippen LogP contribution in [-0.4, -0.2) is 36.3 Å². The molecule has 33 heavy (non-hydrogen) atoms. The van der Waals surface area contributed by atoms with Gasteiger partial charge in [0.25, 0.3) is 12.1 Å². The molecule has 2 aromatic carbocycles. The maximum Gasteiger partial charge on any atom is 0.266 e. The molecule has 0 unspecified atom stereocenters. The number of benzene rings is 2. The molecule has 2 atom stereocenters. The van der Waals surface area contributed by atoms with Crippen molar-refractivity contribution < 1.29 is 9.16 Å². The van der Waals surface area contributed by atoms with Gasteiger partial charge in [0, 0.05) is 0 Å². The quantitative estimate of drug-likeness (QED) is 0.241. The SMILES string of the molecule is C=C[C@]1([C@H](O[Si](c2ccccc2)(c2ccccc2)C(C)(C)C)C(C)C)COC(C(Cl)(Cl)Cl)=N1. The number of ether oxygens (including phenoxy) is 1. The summed E-state index contributed by atoms with van der Waals surface area (Å²) < 4.78 is 11.5. The molecule has 0 bridgehead atoms. The Balaban J connectivity index is 2.25. The van der Waals surface area contributed by atoms with Gasteiger partial charge in [0.2, 0.25) is 5.90 Å². The predicted molar refractivity (Wildman–Crippen MR) is 144 cm³/mol. The van der Waals surface area contributed by atoms with E-state index in [1.807, 2.05) is 12.1 Å². The highest BCUT2D eigenvalue weighted by Crippen LogP contribution is 2.43. The summed E-state index contributed by atoms with van der Waals surface area (Å²) in [4.78, 5) is 4.76. The van der Waals surface area contributed by atoms with E-state index in [-0.39, 0.29) is 29.6 Å². The van der Waals surface area contributed by atoms with Crippen LogP contribution < -0.4 is 10.4 Å². The molecule has 3 nitrogen and oxygen atoms in total. The number of aliphatic imine (C=N–C) groups is 1. The normalized spacial score (nSPS) is 20.3. The van der Waals surface area contributed by atoms with Gasteiger partial charge in [-0.3, -0.25) is 0 Å². The molecule has 2 aromatic rings. The molecule has 0 N–H and O–H groups in total. The summed E-state index contributed by atoms with van der Waals surface area (Å²) in [6.45, 7) is 15.3. The minimum atomic E-state index is -2.85. The average molecular weight is 525 g/mol. The number of hydrogen-bond donors (Lipinski definition) is 0. The predicted octanol–water partition coefficient (Wildman–Crippen LogP) is 6.31. The summed E-state index contributed by atoms with van der Waals surface area (Å²) >= 11 is 18.3. The number of nitrogens with zero attached hydrogens (tertiary/aromatic N) is 1. The fraction of sp³-hybridized carbons (Fsp3) is 0.423. The van der Waals surface area contributed by atoms with Crippen LogP contribution >= 0.6 is 34.8 Å². The number of hydrogen-bond acceptors (Lipinski definition) is 3. The zero-order valence-electron chi connectivity index (χ0n) is 19.8. The Labute approximate surface area is 213 Å². The van der Waals surface area contributed by atoms with Gasteiger partial charge in [0.15, 0.2) is 0 Å². The van der Waals surface area contributed by atoms with Crippen molar-refractivity contribution in [2.24, 2.45) is 10.9 Å². The second-order valence-corrected chi connectivity index (χ2v) is 16.4. The van der Waals surface area contributed by atoms with Crippen LogP contribution in [0.1, 0.15) is 34.6 Å². The van der Waals surface area contributed by atoms with E-state index in [0.29, 0.717) is 0 Å². The number of alkyl halides is 3. The zero-order chi connectivity index (χ0) is 24.5. The molecule has 1 aliphatic rings. The van der Waals surface area contributed by atoms with Crippen molar-refractivity contribution in [3.8, 4) is 0 Å². The molecule has 0 amide bonds. The molecular weight excluding hydrogens is 493 g/mol. The van der Waals surface area contributed by atoms with Gasteiger partial charge in [-0.2, -0.15) is 0 Å². The Morgan fingerprint density at radius 3 is 1.82 bits per heavy atom. The van der Waals surface area contributed by atoms with E-state index in [0.717, 1.165) is 0 Å². The summed E-state index contributed by atoms with van der Waals surface area (Å²) in [6, 6.07) is 21.0. The third-order valence-corrected chi connectivity index (χ3v) is 11.7. The summed E-state index contributed by atoms with van der Waals surface area (Å²) in [5.74, 6) is 0.163. The van der Waals surface area contributed by atoms with E-state index in [9.17, 15) is 0 Å². The van der Waals surface area contributed by atoms with Crippen LogP contribution in [0.2, 0.25) is 5.04 Å². The fourth-order valence-corrected chi connectivity index (χ4v) is 9.81. The van der Waals surface area contributed by atoms with Crippen molar-refractivity contribution in [1.29, 1.82) is 0 Å². The van der Waals surface area contributed by atoms with Crippen LogP contribution in [-0.2, 0) is 9.16 Å². The van der Waals surface area contributed by atoms with Gasteiger partial charge in [-0.15, -0.1) is 6.58 Å². The smallest absolute Gasteiger partial charge is 0.266 e. The van der Waals surface area contributed by atoms with Crippen LogP contribution in [0.15, 0.2) is 78.3 Å². The lowest BCUT2D eigenvalue weighted by molar-refractivity contribution is 0.0672. The van der Waals surface area contributed by atoms with Crippen molar-refractivity contribution in [2.45, 2.75) is 55.1 Å². The second kappa shape index (κ2) is 9.75. The molecule has 1 aliphatic heterocycles. The van der Waals surface area contributed by atoms with Crippen LogP contribution in [0.3, 0.4) is 0 Å². The second-order valence-electron chi connectivity index (χ2n) is 9.84. The fourth-order valence-electron chi connectivity index (χ4n) is 4.65. The Hall–Kier alpha value is -1.30. The highest BCUT2D eigenvalue weighted by Gasteiger charge is 2.56. The lowest BCUT2D eigenvalue weighted by Gasteiger charge is -2.48. The van der Waals surface area contributed by atoms with Crippen molar-refractivity contribution in [1.82, 2.24) is 0 Å². The van der Waals surface area contributed by atoms with Crippen molar-refractivity contribution >= 4 is 59.4 Å². The topological polar surface area (TPSA) is 30.8 Å². The molecule has 0 saturated heterocycles. The minimum absolute atomic E-state index is 0.0732. The maximum absolute atomic E-state index is 7.43. The summed E-state index contributed by atoms with van der Waals surface area (Å²) in [7, 11) is -2.85. The summed E-state index contributed by atoms with van der Waals surface area (Å²) in [5, 5.41) is 2.20. The van der Waals surface area contributed by atoms with Crippen LogP contribution in [0.4, 0.5) is 0 Å². The standard InChI is InChI=1S/C26H32Cl3NO2Si/c1-7-25(18-31-23(30-25)26(27,28)29)22(19(2)3)32-33(24(4,5)6,20-14-10-8-11-15-20)21-16-12-9-13-17-21/h7-17,19,22H,1,18H2,2-6H3/t22-,25-/m1/s1. The lowest BCUT2D eigenvalue weighted by Crippen LogP contribution is -2.70. The van der Waals surface area contributed by atoms with E-state index in [4.69, 9.17) is 49.0 Å². The molecular formula is C26H32Cl3NO2Si. The van der Waals surface area contributed by atoms with E-state index < -0.39 is 17.6 Å². The largest absolute Gasteiger partial charge is 0.475 e. The molecule has 178 valence electrons. The van der Waals surface area contributed by atoms with E-state index >= 15 is 0 Å². The van der Waals surface area contributed by atoms with Gasteiger partial charge in [0.05, 0.1) is 6.10 Å². The molecule has 0 radical (unpaired) electrons.